The van der Waals surface area contributed by atoms with E-state index in [2.05, 4.69) is 55.3 Å². The number of rotatable bonds is 11. The van der Waals surface area contributed by atoms with Crippen LogP contribution >= 0.6 is 24.0 Å². The number of ether oxygens (including phenoxy) is 2. The van der Waals surface area contributed by atoms with Crippen LogP contribution in [0.5, 0.6) is 0 Å². The molecule has 0 aliphatic heterocycles. The Morgan fingerprint density at radius 1 is 1.17 bits per heavy atom. The molecule has 146 valence electrons. The number of nitrogens with zero attached hydrogens (tertiary/aromatic N) is 2. The molecule has 0 amide bonds. The van der Waals surface area contributed by atoms with Crippen molar-refractivity contribution in [3.63, 3.8) is 0 Å². The summed E-state index contributed by atoms with van der Waals surface area (Å²) >= 11 is 0. The van der Waals surface area contributed by atoms with Crippen LogP contribution in [0.1, 0.15) is 34.1 Å². The van der Waals surface area contributed by atoms with Gasteiger partial charge in [0, 0.05) is 47.0 Å². The molecule has 0 aromatic heterocycles. The maximum atomic E-state index is 5.56. The molecular weight excluding hydrogens is 419 g/mol. The molecule has 0 spiro atoms. The molecule has 1 unspecified atom stereocenters. The molecule has 24 heavy (non-hydrogen) atoms. The van der Waals surface area contributed by atoms with Crippen molar-refractivity contribution in [2.24, 2.45) is 10.4 Å². The lowest BCUT2D eigenvalue weighted by Crippen LogP contribution is -2.42. The number of hydrogen-bond donors (Lipinski definition) is 2. The summed E-state index contributed by atoms with van der Waals surface area (Å²) in [5, 5.41) is 6.67. The number of nitrogens with one attached hydrogen (secondary N) is 2. The molecule has 0 heterocycles. The third kappa shape index (κ3) is 13.2. The number of hydrogen-bond acceptors (Lipinski definition) is 4. The van der Waals surface area contributed by atoms with Gasteiger partial charge in [-0.25, -0.2) is 0 Å². The molecule has 6 nitrogen and oxygen atoms in total. The van der Waals surface area contributed by atoms with Crippen LogP contribution in [0, 0.1) is 5.41 Å². The highest BCUT2D eigenvalue weighted by Gasteiger charge is 2.24. The predicted molar refractivity (Wildman–Crippen MR) is 114 cm³/mol. The standard InChI is InChI=1S/C17H38N4O2.HI/c1-8-18-16(20-14-15(23-7)17(2,3)4)19-10-12-21(5)11-9-13-22-6;/h15H,8-14H2,1-7H3,(H2,18,19,20);1H. The van der Waals surface area contributed by atoms with Gasteiger partial charge in [-0.15, -0.1) is 24.0 Å². The summed E-state index contributed by atoms with van der Waals surface area (Å²) in [6, 6.07) is 0. The van der Waals surface area contributed by atoms with E-state index in [-0.39, 0.29) is 35.5 Å². The average Bonchev–Trinajstić information content (AvgIpc) is 2.46. The molecule has 7 heteroatoms. The minimum Gasteiger partial charge on any atom is -0.385 e. The van der Waals surface area contributed by atoms with Crippen molar-refractivity contribution >= 4 is 29.9 Å². The number of methoxy groups -OCH3 is 2. The first-order valence-electron chi connectivity index (χ1n) is 8.57. The number of halogens is 1. The Kier molecular flexibility index (Phi) is 16.5. The number of aliphatic imine (C=N–C) groups is 1. The highest BCUT2D eigenvalue weighted by atomic mass is 127. The second-order valence-electron chi connectivity index (χ2n) is 6.89. The van der Waals surface area contributed by atoms with Crippen molar-refractivity contribution in [3.8, 4) is 0 Å². The highest BCUT2D eigenvalue weighted by Crippen LogP contribution is 2.21. The first-order valence-corrected chi connectivity index (χ1v) is 8.57. The maximum Gasteiger partial charge on any atom is 0.191 e. The van der Waals surface area contributed by atoms with E-state index in [0.29, 0.717) is 6.54 Å². The monoisotopic (exact) mass is 458 g/mol. The van der Waals surface area contributed by atoms with Crippen LogP contribution in [0.15, 0.2) is 4.99 Å². The van der Waals surface area contributed by atoms with E-state index in [1.54, 1.807) is 14.2 Å². The van der Waals surface area contributed by atoms with E-state index in [9.17, 15) is 0 Å². The SMILES string of the molecule is CCNC(=NCC(OC)C(C)(C)C)NCCN(C)CCCOC.I. The zero-order valence-corrected chi connectivity index (χ0v) is 19.0. The lowest BCUT2D eigenvalue weighted by molar-refractivity contribution is 0.0241. The molecule has 2 N–H and O–H groups in total. The van der Waals surface area contributed by atoms with Crippen molar-refractivity contribution in [2.75, 3.05) is 60.6 Å². The Balaban J connectivity index is 0. The van der Waals surface area contributed by atoms with Crippen molar-refractivity contribution in [3.05, 3.63) is 0 Å². The lowest BCUT2D eigenvalue weighted by atomic mass is 9.89. The number of guanidine groups is 1. The summed E-state index contributed by atoms with van der Waals surface area (Å²) in [6.45, 7) is 13.8. The van der Waals surface area contributed by atoms with Crippen LogP contribution in [0.25, 0.3) is 0 Å². The molecule has 0 aliphatic rings. The zero-order valence-electron chi connectivity index (χ0n) is 16.6. The highest BCUT2D eigenvalue weighted by molar-refractivity contribution is 14.0. The third-order valence-corrected chi connectivity index (χ3v) is 3.68. The van der Waals surface area contributed by atoms with Crippen molar-refractivity contribution in [2.45, 2.75) is 40.2 Å². The molecule has 1 atom stereocenters. The van der Waals surface area contributed by atoms with Gasteiger partial charge < -0.3 is 25.0 Å². The Morgan fingerprint density at radius 3 is 2.33 bits per heavy atom. The zero-order chi connectivity index (χ0) is 17.7. The average molecular weight is 458 g/mol. The minimum absolute atomic E-state index is 0. The third-order valence-electron chi connectivity index (χ3n) is 3.68. The molecular formula is C17H39IN4O2. The van der Waals surface area contributed by atoms with Crippen LogP contribution in [0.2, 0.25) is 0 Å². The Bertz CT molecular complexity index is 322. The summed E-state index contributed by atoms with van der Waals surface area (Å²) in [6.07, 6.45) is 1.16. The van der Waals surface area contributed by atoms with Gasteiger partial charge >= 0.3 is 0 Å². The smallest absolute Gasteiger partial charge is 0.191 e. The van der Waals surface area contributed by atoms with Gasteiger partial charge in [0.25, 0.3) is 0 Å². The van der Waals surface area contributed by atoms with Crippen LogP contribution in [0.3, 0.4) is 0 Å². The van der Waals surface area contributed by atoms with E-state index < -0.39 is 0 Å². The van der Waals surface area contributed by atoms with Gasteiger partial charge in [-0.2, -0.15) is 0 Å². The van der Waals surface area contributed by atoms with Gasteiger partial charge in [0.05, 0.1) is 12.6 Å². The van der Waals surface area contributed by atoms with E-state index in [1.165, 1.54) is 0 Å². The van der Waals surface area contributed by atoms with Gasteiger partial charge in [0.15, 0.2) is 5.96 Å². The van der Waals surface area contributed by atoms with Crippen molar-refractivity contribution < 1.29 is 9.47 Å². The first kappa shape index (κ1) is 26.1. The largest absolute Gasteiger partial charge is 0.385 e. The summed E-state index contributed by atoms with van der Waals surface area (Å²) in [4.78, 5) is 6.95. The molecule has 0 bridgehead atoms. The van der Waals surface area contributed by atoms with Gasteiger partial charge in [0.1, 0.15) is 0 Å². The molecule has 0 aliphatic carbocycles. The quantitative estimate of drug-likeness (QED) is 0.215. The normalized spacial score (nSPS) is 13.6. The summed E-state index contributed by atoms with van der Waals surface area (Å²) in [5.41, 5.74) is 0.0805. The molecule has 0 rings (SSSR count). The lowest BCUT2D eigenvalue weighted by Gasteiger charge is -2.28. The Hall–Kier alpha value is -0.120. The van der Waals surface area contributed by atoms with Crippen molar-refractivity contribution in [1.82, 2.24) is 15.5 Å². The van der Waals surface area contributed by atoms with E-state index in [0.717, 1.165) is 45.2 Å². The van der Waals surface area contributed by atoms with Crippen LogP contribution < -0.4 is 10.6 Å². The minimum atomic E-state index is 0. The van der Waals surface area contributed by atoms with Gasteiger partial charge in [-0.3, -0.25) is 4.99 Å². The van der Waals surface area contributed by atoms with Crippen LogP contribution in [0.4, 0.5) is 0 Å². The predicted octanol–water partition coefficient (Wildman–Crippen LogP) is 2.19. The van der Waals surface area contributed by atoms with Gasteiger partial charge in [-0.05, 0) is 25.8 Å². The number of likely N-dealkylation sites (N-methyl/N-ethyl adjacent to an activating group) is 1. The second kappa shape index (κ2) is 15.2. The topological polar surface area (TPSA) is 58.1 Å². The Morgan fingerprint density at radius 2 is 1.83 bits per heavy atom. The Labute approximate surface area is 166 Å². The molecule has 0 aromatic rings. The van der Waals surface area contributed by atoms with Crippen LogP contribution in [-0.4, -0.2) is 77.6 Å². The summed E-state index contributed by atoms with van der Waals surface area (Å²) in [5.74, 6) is 0.851. The molecule has 0 aromatic carbocycles. The van der Waals surface area contributed by atoms with E-state index >= 15 is 0 Å². The van der Waals surface area contributed by atoms with Gasteiger partial charge in [-0.1, -0.05) is 20.8 Å². The van der Waals surface area contributed by atoms with E-state index in [1.807, 2.05) is 0 Å². The molecule has 0 fully saturated rings. The first-order chi connectivity index (χ1) is 10.8. The summed E-state index contributed by atoms with van der Waals surface area (Å²) < 4.78 is 10.6. The fourth-order valence-corrected chi connectivity index (χ4v) is 2.17. The van der Waals surface area contributed by atoms with Crippen molar-refractivity contribution in [1.29, 1.82) is 0 Å². The summed E-state index contributed by atoms with van der Waals surface area (Å²) in [7, 11) is 5.62. The van der Waals surface area contributed by atoms with Crippen LogP contribution in [-0.2, 0) is 9.47 Å². The second-order valence-corrected chi connectivity index (χ2v) is 6.89. The molecule has 0 saturated carbocycles. The molecule has 0 saturated heterocycles. The maximum absolute atomic E-state index is 5.56. The van der Waals surface area contributed by atoms with E-state index in [4.69, 9.17) is 9.47 Å². The fourth-order valence-electron chi connectivity index (χ4n) is 2.17. The molecule has 0 radical (unpaired) electrons. The fraction of sp³-hybridized carbons (Fsp3) is 0.941. The van der Waals surface area contributed by atoms with Gasteiger partial charge in [0.2, 0.25) is 0 Å².